The van der Waals surface area contributed by atoms with Gasteiger partial charge in [-0.3, -0.25) is 19.1 Å². The Bertz CT molecular complexity index is 975. The topological polar surface area (TPSA) is 79.8 Å². The van der Waals surface area contributed by atoms with Gasteiger partial charge in [0.05, 0.1) is 5.52 Å². The zero-order valence-electron chi connectivity index (χ0n) is 13.5. The number of nitrogens with zero attached hydrogens (tertiary/aromatic N) is 2. The molecule has 6 nitrogen and oxygen atoms in total. The largest absolute Gasteiger partial charge is 0.352 e. The normalized spacial score (nSPS) is 10.9. The molecule has 3 rings (SSSR count). The monoisotopic (exact) mass is 374 g/mol. The van der Waals surface area contributed by atoms with Gasteiger partial charge in [-0.15, -0.1) is 11.3 Å². The lowest BCUT2D eigenvalue weighted by Crippen LogP contribution is -2.23. The number of pyridine rings is 1. The first-order valence-corrected chi connectivity index (χ1v) is 9.30. The molecule has 0 saturated carbocycles. The molecular formula is C17H18N4O2S2. The summed E-state index contributed by atoms with van der Waals surface area (Å²) < 4.78 is 2.68. The molecule has 0 spiro atoms. The molecule has 0 fully saturated rings. The van der Waals surface area contributed by atoms with Crippen LogP contribution in [0.2, 0.25) is 0 Å². The fourth-order valence-electron chi connectivity index (χ4n) is 2.52. The van der Waals surface area contributed by atoms with E-state index in [0.717, 1.165) is 11.1 Å². The van der Waals surface area contributed by atoms with Crippen LogP contribution in [0.15, 0.2) is 40.8 Å². The molecule has 8 heteroatoms. The molecule has 130 valence electrons. The molecule has 0 aliphatic rings. The van der Waals surface area contributed by atoms with Crippen LogP contribution in [0.4, 0.5) is 0 Å². The van der Waals surface area contributed by atoms with Gasteiger partial charge in [0, 0.05) is 31.9 Å². The van der Waals surface area contributed by atoms with Gasteiger partial charge in [0.2, 0.25) is 5.91 Å². The van der Waals surface area contributed by atoms with Crippen LogP contribution >= 0.6 is 23.6 Å². The summed E-state index contributed by atoms with van der Waals surface area (Å²) in [5.74, 6) is -0.00457. The third kappa shape index (κ3) is 4.40. The molecule has 0 bridgehead atoms. The predicted molar refractivity (Wildman–Crippen MR) is 101 cm³/mol. The molecule has 0 unspecified atom stereocenters. The first-order chi connectivity index (χ1) is 12.1. The van der Waals surface area contributed by atoms with Gasteiger partial charge in [-0.25, -0.2) is 0 Å². The van der Waals surface area contributed by atoms with Crippen LogP contribution in [0.5, 0.6) is 0 Å². The van der Waals surface area contributed by atoms with Crippen LogP contribution in [-0.4, -0.2) is 20.4 Å². The molecule has 1 amide bonds. The van der Waals surface area contributed by atoms with Crippen molar-refractivity contribution < 1.29 is 4.79 Å². The number of thiophene rings is 1. The van der Waals surface area contributed by atoms with Gasteiger partial charge in [-0.05, 0) is 48.1 Å². The third-order valence-electron chi connectivity index (χ3n) is 3.84. The van der Waals surface area contributed by atoms with E-state index in [1.807, 2.05) is 23.6 Å². The van der Waals surface area contributed by atoms with Crippen LogP contribution < -0.4 is 10.9 Å². The second kappa shape index (κ2) is 8.17. The molecule has 0 atom stereocenters. The van der Waals surface area contributed by atoms with Crippen molar-refractivity contribution in [2.75, 3.05) is 0 Å². The van der Waals surface area contributed by atoms with Gasteiger partial charge in [-0.1, -0.05) is 6.07 Å². The summed E-state index contributed by atoms with van der Waals surface area (Å²) in [4.78, 5) is 31.4. The lowest BCUT2D eigenvalue weighted by Gasteiger charge is -2.07. The maximum atomic E-state index is 12.4. The highest BCUT2D eigenvalue weighted by atomic mass is 32.1. The van der Waals surface area contributed by atoms with Crippen LogP contribution in [-0.2, 0) is 17.9 Å². The van der Waals surface area contributed by atoms with Gasteiger partial charge in [0.25, 0.3) is 5.56 Å². The minimum absolute atomic E-state index is 0.00457. The SMILES string of the molecule is O=C(CCCCn1c(=S)[nH]c2ccsc2c1=O)NCc1cccnc1. The average molecular weight is 374 g/mol. The quantitative estimate of drug-likeness (QED) is 0.492. The van der Waals surface area contributed by atoms with Crippen LogP contribution in [0, 0.1) is 4.77 Å². The van der Waals surface area contributed by atoms with Crippen molar-refractivity contribution in [3.63, 3.8) is 0 Å². The van der Waals surface area contributed by atoms with Crippen molar-refractivity contribution in [3.05, 3.63) is 56.7 Å². The highest BCUT2D eigenvalue weighted by molar-refractivity contribution is 7.71. The summed E-state index contributed by atoms with van der Waals surface area (Å²) >= 11 is 6.66. The first kappa shape index (κ1) is 17.5. The number of H-pyrrole nitrogens is 1. The van der Waals surface area contributed by atoms with Crippen molar-refractivity contribution >= 4 is 39.7 Å². The Morgan fingerprint density at radius 3 is 3.04 bits per heavy atom. The number of nitrogens with one attached hydrogen (secondary N) is 2. The molecule has 0 aliphatic carbocycles. The Hall–Kier alpha value is -2.32. The summed E-state index contributed by atoms with van der Waals surface area (Å²) in [7, 11) is 0. The smallest absolute Gasteiger partial charge is 0.272 e. The van der Waals surface area contributed by atoms with E-state index < -0.39 is 0 Å². The standard InChI is InChI=1S/C17H18N4O2S2/c22-14(19-11-12-4-3-7-18-10-12)5-1-2-8-21-16(23)15-13(6-9-25-15)20-17(21)24/h3-4,6-7,9-10H,1-2,5,8,11H2,(H,19,22)(H,20,24). The van der Waals surface area contributed by atoms with Crippen molar-refractivity contribution in [2.45, 2.75) is 32.4 Å². The molecule has 3 heterocycles. The average Bonchev–Trinajstić information content (AvgIpc) is 3.08. The molecule has 0 aliphatic heterocycles. The van der Waals surface area contributed by atoms with E-state index >= 15 is 0 Å². The molecule has 3 aromatic heterocycles. The van der Waals surface area contributed by atoms with Gasteiger partial charge >= 0.3 is 0 Å². The Morgan fingerprint density at radius 2 is 2.24 bits per heavy atom. The minimum Gasteiger partial charge on any atom is -0.352 e. The number of amides is 1. The highest BCUT2D eigenvalue weighted by Gasteiger charge is 2.07. The third-order valence-corrected chi connectivity index (χ3v) is 5.06. The fourth-order valence-corrected chi connectivity index (χ4v) is 3.60. The summed E-state index contributed by atoms with van der Waals surface area (Å²) in [6, 6.07) is 5.61. The number of hydrogen-bond acceptors (Lipinski definition) is 5. The molecule has 0 aromatic carbocycles. The molecule has 0 radical (unpaired) electrons. The number of aromatic amines is 1. The maximum Gasteiger partial charge on any atom is 0.272 e. The summed E-state index contributed by atoms with van der Waals surface area (Å²) in [6.07, 6.45) is 5.27. The molecule has 25 heavy (non-hydrogen) atoms. The molecule has 2 N–H and O–H groups in total. The van der Waals surface area contributed by atoms with Gasteiger partial charge < -0.3 is 10.3 Å². The van der Waals surface area contributed by atoms with Crippen molar-refractivity contribution in [1.29, 1.82) is 0 Å². The van der Waals surface area contributed by atoms with Crippen LogP contribution in [0.1, 0.15) is 24.8 Å². The van der Waals surface area contributed by atoms with Gasteiger partial charge in [0.1, 0.15) is 4.70 Å². The second-order valence-corrected chi connectivity index (χ2v) is 6.95. The summed E-state index contributed by atoms with van der Waals surface area (Å²) in [6.45, 7) is 0.990. The van der Waals surface area contributed by atoms with Crippen LogP contribution in [0.25, 0.3) is 10.2 Å². The lowest BCUT2D eigenvalue weighted by atomic mass is 10.2. The Kier molecular flexibility index (Phi) is 5.72. The number of carbonyl (C=O) groups excluding carboxylic acids is 1. The number of hydrogen-bond donors (Lipinski definition) is 2. The van der Waals surface area contributed by atoms with Gasteiger partial charge in [-0.2, -0.15) is 0 Å². The van der Waals surface area contributed by atoms with E-state index in [1.165, 1.54) is 11.3 Å². The van der Waals surface area contributed by atoms with Crippen LogP contribution in [0.3, 0.4) is 0 Å². The van der Waals surface area contributed by atoms with Crippen molar-refractivity contribution in [1.82, 2.24) is 19.9 Å². The number of carbonyl (C=O) groups is 1. The van der Waals surface area contributed by atoms with Gasteiger partial charge in [0.15, 0.2) is 4.77 Å². The zero-order valence-corrected chi connectivity index (χ0v) is 15.2. The Balaban J connectivity index is 1.48. The highest BCUT2D eigenvalue weighted by Crippen LogP contribution is 2.14. The van der Waals surface area contributed by atoms with Crippen molar-refractivity contribution in [2.24, 2.45) is 0 Å². The Morgan fingerprint density at radius 1 is 1.36 bits per heavy atom. The first-order valence-electron chi connectivity index (χ1n) is 8.01. The van der Waals surface area contributed by atoms with E-state index in [0.29, 0.717) is 41.8 Å². The van der Waals surface area contributed by atoms with Crippen molar-refractivity contribution in [3.8, 4) is 0 Å². The number of aromatic nitrogens is 3. The van der Waals surface area contributed by atoms with E-state index in [1.54, 1.807) is 17.0 Å². The fraction of sp³-hybridized carbons (Fsp3) is 0.294. The number of fused-ring (bicyclic) bond motifs is 1. The Labute approximate surface area is 153 Å². The minimum atomic E-state index is -0.0604. The summed E-state index contributed by atoms with van der Waals surface area (Å²) in [5, 5.41) is 4.74. The molecular weight excluding hydrogens is 356 g/mol. The number of unbranched alkanes of at least 4 members (excludes halogenated alkanes) is 1. The predicted octanol–water partition coefficient (Wildman–Crippen LogP) is 3.00. The maximum absolute atomic E-state index is 12.4. The zero-order chi connectivity index (χ0) is 17.6. The molecule has 3 aromatic rings. The summed E-state index contributed by atoms with van der Waals surface area (Å²) in [5.41, 5.74) is 1.69. The van der Waals surface area contributed by atoms with E-state index in [2.05, 4.69) is 15.3 Å². The molecule has 0 saturated heterocycles. The van der Waals surface area contributed by atoms with E-state index in [4.69, 9.17) is 12.2 Å². The second-order valence-electron chi connectivity index (χ2n) is 5.65. The van der Waals surface area contributed by atoms with E-state index in [-0.39, 0.29) is 11.5 Å². The number of rotatable bonds is 7. The van der Waals surface area contributed by atoms with E-state index in [9.17, 15) is 9.59 Å². The lowest BCUT2D eigenvalue weighted by molar-refractivity contribution is -0.121.